The van der Waals surface area contributed by atoms with Crippen LogP contribution >= 0.6 is 0 Å². The van der Waals surface area contributed by atoms with Crippen molar-refractivity contribution in [2.45, 2.75) is 32.7 Å². The highest BCUT2D eigenvalue weighted by Gasteiger charge is 2.21. The monoisotopic (exact) mass is 250 g/mol. The molecule has 0 aliphatic carbocycles. The van der Waals surface area contributed by atoms with Crippen LogP contribution in [0.3, 0.4) is 0 Å². The summed E-state index contributed by atoms with van der Waals surface area (Å²) in [5.74, 6) is 3.08. The van der Waals surface area contributed by atoms with Gasteiger partial charge in [-0.25, -0.2) is 9.97 Å². The van der Waals surface area contributed by atoms with Crippen molar-refractivity contribution in [2.75, 3.05) is 37.0 Å². The van der Waals surface area contributed by atoms with Gasteiger partial charge in [0, 0.05) is 25.6 Å². The average molecular weight is 250 g/mol. The third-order valence-electron chi connectivity index (χ3n) is 3.16. The van der Waals surface area contributed by atoms with Crippen LogP contribution in [-0.4, -0.2) is 42.8 Å². The van der Waals surface area contributed by atoms with Gasteiger partial charge in [0.2, 0.25) is 0 Å². The van der Waals surface area contributed by atoms with Crippen LogP contribution in [0.2, 0.25) is 0 Å². The van der Waals surface area contributed by atoms with Crippen LogP contribution < -0.4 is 10.2 Å². The van der Waals surface area contributed by atoms with Gasteiger partial charge < -0.3 is 15.0 Å². The van der Waals surface area contributed by atoms with Crippen molar-refractivity contribution >= 4 is 11.6 Å². The maximum absolute atomic E-state index is 5.47. The van der Waals surface area contributed by atoms with Crippen LogP contribution in [0.4, 0.5) is 11.6 Å². The van der Waals surface area contributed by atoms with Gasteiger partial charge in [-0.05, 0) is 6.92 Å². The Bertz CT molecular complexity index is 408. The van der Waals surface area contributed by atoms with Crippen molar-refractivity contribution in [1.29, 1.82) is 0 Å². The number of hydrogen-bond donors (Lipinski definition) is 1. The summed E-state index contributed by atoms with van der Waals surface area (Å²) in [4.78, 5) is 11.5. The molecule has 0 amide bonds. The van der Waals surface area contributed by atoms with E-state index in [2.05, 4.69) is 41.0 Å². The molecule has 1 aliphatic rings. The van der Waals surface area contributed by atoms with Crippen molar-refractivity contribution in [3.05, 3.63) is 11.9 Å². The molecule has 1 saturated heterocycles. The zero-order valence-corrected chi connectivity index (χ0v) is 11.6. The number of nitrogens with zero attached hydrogens (tertiary/aromatic N) is 3. The molecule has 0 radical (unpaired) electrons. The fourth-order valence-electron chi connectivity index (χ4n) is 2.05. The summed E-state index contributed by atoms with van der Waals surface area (Å²) in [5, 5.41) is 3.11. The van der Waals surface area contributed by atoms with Gasteiger partial charge in [-0.2, -0.15) is 0 Å². The van der Waals surface area contributed by atoms with E-state index < -0.39 is 0 Å². The molecule has 2 heterocycles. The molecule has 1 aliphatic heterocycles. The van der Waals surface area contributed by atoms with Crippen molar-refractivity contribution in [2.24, 2.45) is 0 Å². The SMILES string of the molecule is CNc1cc(N2CCOCC2C)nc(C(C)C)n1. The first-order chi connectivity index (χ1) is 8.61. The Morgan fingerprint density at radius 2 is 2.22 bits per heavy atom. The molecule has 0 spiro atoms. The van der Waals surface area contributed by atoms with Crippen LogP contribution in [0.15, 0.2) is 6.07 Å². The molecular formula is C13H22N4O. The Kier molecular flexibility index (Phi) is 4.01. The number of nitrogens with one attached hydrogen (secondary N) is 1. The van der Waals surface area contributed by atoms with Gasteiger partial charge in [-0.1, -0.05) is 13.8 Å². The molecule has 1 fully saturated rings. The molecule has 100 valence electrons. The molecule has 0 saturated carbocycles. The molecule has 0 aromatic carbocycles. The van der Waals surface area contributed by atoms with Gasteiger partial charge in [-0.15, -0.1) is 0 Å². The molecule has 1 N–H and O–H groups in total. The van der Waals surface area contributed by atoms with E-state index in [9.17, 15) is 0 Å². The van der Waals surface area contributed by atoms with Crippen molar-refractivity contribution in [3.63, 3.8) is 0 Å². The van der Waals surface area contributed by atoms with E-state index in [1.165, 1.54) is 0 Å². The summed E-state index contributed by atoms with van der Waals surface area (Å²) < 4.78 is 5.47. The minimum atomic E-state index is 0.327. The van der Waals surface area contributed by atoms with Crippen molar-refractivity contribution in [1.82, 2.24) is 9.97 Å². The number of anilines is 2. The largest absolute Gasteiger partial charge is 0.377 e. The summed E-state index contributed by atoms with van der Waals surface area (Å²) in [5.41, 5.74) is 0. The van der Waals surface area contributed by atoms with Crippen LogP contribution in [0.25, 0.3) is 0 Å². The summed E-state index contributed by atoms with van der Waals surface area (Å²) in [6.45, 7) is 8.80. The van der Waals surface area contributed by atoms with E-state index in [0.29, 0.717) is 12.0 Å². The van der Waals surface area contributed by atoms with E-state index in [1.807, 2.05) is 13.1 Å². The average Bonchev–Trinajstić information content (AvgIpc) is 2.38. The third-order valence-corrected chi connectivity index (χ3v) is 3.16. The Labute approximate surface area is 109 Å². The predicted octanol–water partition coefficient (Wildman–Crippen LogP) is 1.87. The van der Waals surface area contributed by atoms with Gasteiger partial charge in [0.15, 0.2) is 0 Å². The number of rotatable bonds is 3. The van der Waals surface area contributed by atoms with E-state index in [1.54, 1.807) is 0 Å². The summed E-state index contributed by atoms with van der Waals surface area (Å²) >= 11 is 0. The summed E-state index contributed by atoms with van der Waals surface area (Å²) in [7, 11) is 1.89. The number of morpholine rings is 1. The second kappa shape index (κ2) is 5.52. The van der Waals surface area contributed by atoms with E-state index >= 15 is 0 Å². The minimum absolute atomic E-state index is 0.327. The quantitative estimate of drug-likeness (QED) is 0.887. The second-order valence-electron chi connectivity index (χ2n) is 4.99. The maximum atomic E-state index is 5.47. The standard InChI is InChI=1S/C13H22N4O/c1-9(2)13-15-11(14-4)7-12(16-13)17-5-6-18-8-10(17)3/h7,9-10H,5-6,8H2,1-4H3,(H,14,15,16). The third kappa shape index (κ3) is 2.72. The first-order valence-corrected chi connectivity index (χ1v) is 6.53. The second-order valence-corrected chi connectivity index (χ2v) is 4.99. The molecule has 1 atom stereocenters. The van der Waals surface area contributed by atoms with E-state index in [4.69, 9.17) is 4.74 Å². The highest BCUT2D eigenvalue weighted by atomic mass is 16.5. The zero-order valence-electron chi connectivity index (χ0n) is 11.6. The normalized spacial score (nSPS) is 20.3. The molecule has 1 aromatic heterocycles. The first-order valence-electron chi connectivity index (χ1n) is 6.53. The van der Waals surface area contributed by atoms with Crippen LogP contribution in [-0.2, 0) is 4.74 Å². The molecule has 18 heavy (non-hydrogen) atoms. The van der Waals surface area contributed by atoms with Crippen LogP contribution in [0.5, 0.6) is 0 Å². The summed E-state index contributed by atoms with van der Waals surface area (Å²) in [6.07, 6.45) is 0. The molecular weight excluding hydrogens is 228 g/mol. The molecule has 0 bridgehead atoms. The minimum Gasteiger partial charge on any atom is -0.377 e. The lowest BCUT2D eigenvalue weighted by atomic mass is 10.2. The lowest BCUT2D eigenvalue weighted by Crippen LogP contribution is -2.44. The zero-order chi connectivity index (χ0) is 13.1. The summed E-state index contributed by atoms with van der Waals surface area (Å²) in [6, 6.07) is 2.37. The Hall–Kier alpha value is -1.36. The number of aromatic nitrogens is 2. The fourth-order valence-corrected chi connectivity index (χ4v) is 2.05. The molecule has 2 rings (SSSR count). The van der Waals surface area contributed by atoms with Gasteiger partial charge in [0.25, 0.3) is 0 Å². The first kappa shape index (κ1) is 13.1. The molecule has 1 unspecified atom stereocenters. The molecule has 1 aromatic rings. The highest BCUT2D eigenvalue weighted by Crippen LogP contribution is 2.22. The lowest BCUT2D eigenvalue weighted by molar-refractivity contribution is 0.0985. The van der Waals surface area contributed by atoms with Gasteiger partial charge in [-0.3, -0.25) is 0 Å². The van der Waals surface area contributed by atoms with Crippen LogP contribution in [0, 0.1) is 0 Å². The van der Waals surface area contributed by atoms with Gasteiger partial charge in [0.1, 0.15) is 17.5 Å². The Morgan fingerprint density at radius 1 is 1.44 bits per heavy atom. The highest BCUT2D eigenvalue weighted by molar-refractivity contribution is 5.50. The van der Waals surface area contributed by atoms with Crippen molar-refractivity contribution in [3.8, 4) is 0 Å². The lowest BCUT2D eigenvalue weighted by Gasteiger charge is -2.34. The van der Waals surface area contributed by atoms with E-state index in [-0.39, 0.29) is 0 Å². The topological polar surface area (TPSA) is 50.3 Å². The van der Waals surface area contributed by atoms with E-state index in [0.717, 1.165) is 37.2 Å². The van der Waals surface area contributed by atoms with Crippen molar-refractivity contribution < 1.29 is 4.74 Å². The van der Waals surface area contributed by atoms with Crippen LogP contribution in [0.1, 0.15) is 32.5 Å². The van der Waals surface area contributed by atoms with Gasteiger partial charge >= 0.3 is 0 Å². The molecule has 5 nitrogen and oxygen atoms in total. The Morgan fingerprint density at radius 3 is 2.83 bits per heavy atom. The van der Waals surface area contributed by atoms with Gasteiger partial charge in [0.05, 0.1) is 19.3 Å². The Balaban J connectivity index is 2.33. The fraction of sp³-hybridized carbons (Fsp3) is 0.692. The smallest absolute Gasteiger partial charge is 0.135 e. The maximum Gasteiger partial charge on any atom is 0.135 e. The number of ether oxygens (including phenoxy) is 1. The predicted molar refractivity (Wildman–Crippen MR) is 73.3 cm³/mol. The molecule has 5 heteroatoms. The number of hydrogen-bond acceptors (Lipinski definition) is 5.